The quantitative estimate of drug-likeness (QED) is 0.525. The van der Waals surface area contributed by atoms with E-state index in [0.29, 0.717) is 27.1 Å². The van der Waals surface area contributed by atoms with Gasteiger partial charge in [0, 0.05) is 16.1 Å². The summed E-state index contributed by atoms with van der Waals surface area (Å²) in [5.41, 5.74) is 3.69. The monoisotopic (exact) mass is 358 g/mol. The molecule has 1 N–H and O–H groups in total. The highest BCUT2D eigenvalue weighted by atomic mass is 35.5. The van der Waals surface area contributed by atoms with Crippen molar-refractivity contribution in [1.82, 2.24) is 5.43 Å². The molecule has 0 aliphatic heterocycles. The molecule has 3 aromatic rings. The lowest BCUT2D eigenvalue weighted by molar-refractivity contribution is 0.0955. The average Bonchev–Trinajstić information content (AvgIpc) is 3.04. The molecular weight excluding hydrogens is 347 g/mol. The van der Waals surface area contributed by atoms with Crippen LogP contribution in [0.3, 0.4) is 0 Å². The van der Waals surface area contributed by atoms with E-state index in [2.05, 4.69) is 10.5 Å². The van der Waals surface area contributed by atoms with Crippen LogP contribution in [-0.4, -0.2) is 12.1 Å². The van der Waals surface area contributed by atoms with E-state index in [9.17, 15) is 4.79 Å². The predicted molar refractivity (Wildman–Crippen MR) is 95.7 cm³/mol. The lowest BCUT2D eigenvalue weighted by atomic mass is 10.2. The highest BCUT2D eigenvalue weighted by molar-refractivity contribution is 6.33. The first-order valence-electron chi connectivity index (χ1n) is 7.07. The van der Waals surface area contributed by atoms with Crippen molar-refractivity contribution in [3.8, 4) is 11.3 Å². The summed E-state index contributed by atoms with van der Waals surface area (Å²) >= 11 is 11.9. The van der Waals surface area contributed by atoms with Crippen LogP contribution in [0.4, 0.5) is 0 Å². The minimum absolute atomic E-state index is 0.333. The Kier molecular flexibility index (Phi) is 4.99. The van der Waals surface area contributed by atoms with E-state index in [1.165, 1.54) is 6.21 Å². The number of benzene rings is 2. The molecule has 4 nitrogen and oxygen atoms in total. The second-order valence-electron chi connectivity index (χ2n) is 4.89. The van der Waals surface area contributed by atoms with Gasteiger partial charge in [-0.05, 0) is 48.5 Å². The van der Waals surface area contributed by atoms with E-state index < -0.39 is 0 Å². The first-order chi connectivity index (χ1) is 11.6. The molecule has 0 unspecified atom stereocenters. The van der Waals surface area contributed by atoms with Gasteiger partial charge in [0.2, 0.25) is 0 Å². The summed E-state index contributed by atoms with van der Waals surface area (Å²) in [6.07, 6.45) is 1.42. The van der Waals surface area contributed by atoms with Crippen LogP contribution < -0.4 is 5.43 Å². The van der Waals surface area contributed by atoms with Gasteiger partial charge in [0.05, 0.1) is 11.2 Å². The molecule has 1 aromatic heterocycles. The van der Waals surface area contributed by atoms with E-state index in [1.54, 1.807) is 42.5 Å². The summed E-state index contributed by atoms with van der Waals surface area (Å²) in [6, 6.07) is 17.5. The van der Waals surface area contributed by atoms with Crippen LogP contribution in [0, 0.1) is 0 Å². The Morgan fingerprint density at radius 2 is 1.75 bits per heavy atom. The molecule has 0 atom stereocenters. The summed E-state index contributed by atoms with van der Waals surface area (Å²) in [4.78, 5) is 11.9. The first-order valence-corrected chi connectivity index (χ1v) is 7.83. The van der Waals surface area contributed by atoms with Crippen molar-refractivity contribution < 1.29 is 9.21 Å². The Bertz CT molecular complexity index is 886. The molecule has 0 aliphatic carbocycles. The number of rotatable bonds is 4. The minimum atomic E-state index is -0.333. The fourth-order valence-electron chi connectivity index (χ4n) is 2.05. The third kappa shape index (κ3) is 3.85. The number of carbonyl (C=O) groups excluding carboxylic acids is 1. The summed E-state index contributed by atoms with van der Waals surface area (Å²) in [6.45, 7) is 0. The van der Waals surface area contributed by atoms with Gasteiger partial charge in [-0.3, -0.25) is 4.79 Å². The smallest absolute Gasteiger partial charge is 0.271 e. The van der Waals surface area contributed by atoms with Gasteiger partial charge in [-0.25, -0.2) is 5.43 Å². The Balaban J connectivity index is 1.66. The molecule has 2 aromatic carbocycles. The summed E-state index contributed by atoms with van der Waals surface area (Å²) in [5, 5.41) is 5.06. The fourth-order valence-corrected chi connectivity index (χ4v) is 2.40. The third-order valence-corrected chi connectivity index (χ3v) is 3.81. The molecule has 0 aliphatic rings. The summed E-state index contributed by atoms with van der Waals surface area (Å²) in [5.74, 6) is 0.799. The number of nitrogens with one attached hydrogen (secondary N) is 1. The van der Waals surface area contributed by atoms with Crippen molar-refractivity contribution in [3.05, 3.63) is 82.0 Å². The molecule has 6 heteroatoms. The maximum atomic E-state index is 11.9. The standard InChI is InChI=1S/C18H12Cl2N2O2/c19-13-7-5-12(6-8-13)18(23)22-21-11-14-9-10-17(24-14)15-3-1-2-4-16(15)20/h1-11H,(H,22,23)/b21-11-. The summed E-state index contributed by atoms with van der Waals surface area (Å²) in [7, 11) is 0. The topological polar surface area (TPSA) is 54.6 Å². The van der Waals surface area contributed by atoms with E-state index >= 15 is 0 Å². The van der Waals surface area contributed by atoms with Gasteiger partial charge in [-0.1, -0.05) is 35.3 Å². The second kappa shape index (κ2) is 7.34. The first kappa shape index (κ1) is 16.3. The zero-order chi connectivity index (χ0) is 16.9. The number of furan rings is 1. The molecule has 1 amide bonds. The number of carbonyl (C=O) groups is 1. The highest BCUT2D eigenvalue weighted by Crippen LogP contribution is 2.28. The van der Waals surface area contributed by atoms with Gasteiger partial charge in [-0.2, -0.15) is 5.10 Å². The van der Waals surface area contributed by atoms with Crippen molar-refractivity contribution >= 4 is 35.3 Å². The van der Waals surface area contributed by atoms with Crippen LogP contribution in [0.2, 0.25) is 10.0 Å². The number of hydrazone groups is 1. The van der Waals surface area contributed by atoms with Gasteiger partial charge in [-0.15, -0.1) is 0 Å². The lowest BCUT2D eigenvalue weighted by Crippen LogP contribution is -2.17. The second-order valence-corrected chi connectivity index (χ2v) is 5.73. The zero-order valence-electron chi connectivity index (χ0n) is 12.4. The molecule has 3 rings (SSSR count). The molecule has 0 spiro atoms. The Morgan fingerprint density at radius 1 is 1.00 bits per heavy atom. The van der Waals surface area contributed by atoms with E-state index in [0.717, 1.165) is 5.56 Å². The van der Waals surface area contributed by atoms with E-state index in [4.69, 9.17) is 27.6 Å². The molecule has 0 saturated carbocycles. The number of amides is 1. The Morgan fingerprint density at radius 3 is 2.50 bits per heavy atom. The Hall–Kier alpha value is -2.56. The van der Waals surface area contributed by atoms with Crippen molar-refractivity contribution in [2.75, 3.05) is 0 Å². The Labute approximate surface area is 148 Å². The molecular formula is C18H12Cl2N2O2. The lowest BCUT2D eigenvalue weighted by Gasteiger charge is -1.99. The molecule has 0 saturated heterocycles. The van der Waals surface area contributed by atoms with E-state index in [-0.39, 0.29) is 5.91 Å². The van der Waals surface area contributed by atoms with E-state index in [1.807, 2.05) is 18.2 Å². The van der Waals surface area contributed by atoms with Crippen LogP contribution in [0.1, 0.15) is 16.1 Å². The fraction of sp³-hybridized carbons (Fsp3) is 0. The van der Waals surface area contributed by atoms with Crippen LogP contribution >= 0.6 is 23.2 Å². The molecule has 0 radical (unpaired) electrons. The molecule has 24 heavy (non-hydrogen) atoms. The normalized spacial score (nSPS) is 10.9. The number of halogens is 2. The van der Waals surface area contributed by atoms with Crippen molar-refractivity contribution in [1.29, 1.82) is 0 Å². The van der Waals surface area contributed by atoms with Crippen LogP contribution in [0.5, 0.6) is 0 Å². The SMILES string of the molecule is O=C(N/N=C\c1ccc(-c2ccccc2Cl)o1)c1ccc(Cl)cc1. The van der Waals surface area contributed by atoms with Gasteiger partial charge in [0.1, 0.15) is 11.5 Å². The van der Waals surface area contributed by atoms with Crippen LogP contribution in [0.15, 0.2) is 70.2 Å². The van der Waals surface area contributed by atoms with Gasteiger partial charge in [0.15, 0.2) is 0 Å². The largest absolute Gasteiger partial charge is 0.455 e. The number of hydrogen-bond donors (Lipinski definition) is 1. The predicted octanol–water partition coefficient (Wildman–Crippen LogP) is 5.02. The minimum Gasteiger partial charge on any atom is -0.455 e. The number of hydrogen-bond acceptors (Lipinski definition) is 3. The zero-order valence-corrected chi connectivity index (χ0v) is 13.9. The molecule has 1 heterocycles. The highest BCUT2D eigenvalue weighted by Gasteiger charge is 2.07. The van der Waals surface area contributed by atoms with Gasteiger partial charge in [0.25, 0.3) is 5.91 Å². The molecule has 0 bridgehead atoms. The van der Waals surface area contributed by atoms with Crippen LogP contribution in [-0.2, 0) is 0 Å². The maximum absolute atomic E-state index is 11.9. The van der Waals surface area contributed by atoms with Crippen molar-refractivity contribution in [3.63, 3.8) is 0 Å². The maximum Gasteiger partial charge on any atom is 0.271 e. The number of nitrogens with zero attached hydrogens (tertiary/aromatic N) is 1. The van der Waals surface area contributed by atoms with Crippen LogP contribution in [0.25, 0.3) is 11.3 Å². The van der Waals surface area contributed by atoms with Crippen molar-refractivity contribution in [2.24, 2.45) is 5.10 Å². The molecule has 120 valence electrons. The summed E-state index contributed by atoms with van der Waals surface area (Å²) < 4.78 is 5.65. The average molecular weight is 359 g/mol. The van der Waals surface area contributed by atoms with Gasteiger partial charge >= 0.3 is 0 Å². The van der Waals surface area contributed by atoms with Gasteiger partial charge < -0.3 is 4.42 Å². The van der Waals surface area contributed by atoms with Crippen molar-refractivity contribution in [2.45, 2.75) is 0 Å². The third-order valence-electron chi connectivity index (χ3n) is 3.23. The molecule has 0 fully saturated rings.